The number of rotatable bonds is 5. The molecule has 1 rings (SSSR count). The lowest BCUT2D eigenvalue weighted by atomic mass is 10.1. The zero-order valence-corrected chi connectivity index (χ0v) is 12.6. The van der Waals surface area contributed by atoms with Crippen molar-refractivity contribution in [3.05, 3.63) is 15.6 Å². The largest absolute Gasteiger partial charge is 0.462 e. The highest BCUT2D eigenvalue weighted by atomic mass is 32.1. The molecule has 5 heteroatoms. The van der Waals surface area contributed by atoms with Gasteiger partial charge in [0.1, 0.15) is 9.88 Å². The number of carbonyl (C=O) groups is 1. The van der Waals surface area contributed by atoms with Crippen molar-refractivity contribution in [3.63, 3.8) is 0 Å². The summed E-state index contributed by atoms with van der Waals surface area (Å²) in [5, 5.41) is 4.30. The quantitative estimate of drug-likeness (QED) is 0.836. The first-order valence-electron chi connectivity index (χ1n) is 6.28. The fraction of sp³-hybridized carbons (Fsp3) is 0.692. The summed E-state index contributed by atoms with van der Waals surface area (Å²) in [7, 11) is 0. The van der Waals surface area contributed by atoms with Gasteiger partial charge in [-0.1, -0.05) is 6.92 Å². The number of nitrogens with zero attached hydrogens (tertiary/aromatic N) is 1. The Labute approximate surface area is 113 Å². The Balaban J connectivity index is 2.80. The highest BCUT2D eigenvalue weighted by Crippen LogP contribution is 2.21. The Hall–Kier alpha value is -0.940. The second-order valence-corrected chi connectivity index (χ2v) is 6.14. The van der Waals surface area contributed by atoms with Crippen molar-refractivity contribution >= 4 is 17.3 Å². The first kappa shape index (κ1) is 15.1. The molecule has 18 heavy (non-hydrogen) atoms. The standard InChI is InChI=1S/C13H22N2O2S/c1-6-9-11(12(16)17-7-2)18-10(15-9)8-14-13(3,4)5/h14H,6-8H2,1-5H3. The number of aryl methyl sites for hydroxylation is 1. The van der Waals surface area contributed by atoms with E-state index in [1.54, 1.807) is 0 Å². The van der Waals surface area contributed by atoms with E-state index >= 15 is 0 Å². The zero-order valence-electron chi connectivity index (χ0n) is 11.8. The lowest BCUT2D eigenvalue weighted by Gasteiger charge is -2.19. The van der Waals surface area contributed by atoms with E-state index in [0.29, 0.717) is 18.0 Å². The van der Waals surface area contributed by atoms with E-state index in [9.17, 15) is 4.79 Å². The predicted molar refractivity (Wildman–Crippen MR) is 74.0 cm³/mol. The van der Waals surface area contributed by atoms with Crippen LogP contribution in [0.3, 0.4) is 0 Å². The molecule has 102 valence electrons. The average Bonchev–Trinajstić information content (AvgIpc) is 2.69. The van der Waals surface area contributed by atoms with Gasteiger partial charge in [0.25, 0.3) is 0 Å². The Morgan fingerprint density at radius 2 is 2.06 bits per heavy atom. The number of ether oxygens (including phenoxy) is 1. The molecule has 0 aliphatic carbocycles. The van der Waals surface area contributed by atoms with Crippen LogP contribution in [0.1, 0.15) is 55.0 Å². The number of esters is 1. The summed E-state index contributed by atoms with van der Waals surface area (Å²) < 4.78 is 5.04. The van der Waals surface area contributed by atoms with Gasteiger partial charge in [-0.2, -0.15) is 0 Å². The van der Waals surface area contributed by atoms with Crippen LogP contribution >= 0.6 is 11.3 Å². The monoisotopic (exact) mass is 270 g/mol. The van der Waals surface area contributed by atoms with Crippen LogP contribution in [0.25, 0.3) is 0 Å². The van der Waals surface area contributed by atoms with Gasteiger partial charge in [0.15, 0.2) is 0 Å². The van der Waals surface area contributed by atoms with E-state index in [2.05, 4.69) is 31.1 Å². The van der Waals surface area contributed by atoms with Crippen LogP contribution in [-0.4, -0.2) is 23.1 Å². The van der Waals surface area contributed by atoms with Crippen molar-refractivity contribution in [1.82, 2.24) is 10.3 Å². The lowest BCUT2D eigenvalue weighted by molar-refractivity contribution is 0.0530. The molecule has 0 fully saturated rings. The van der Waals surface area contributed by atoms with E-state index in [1.165, 1.54) is 11.3 Å². The smallest absolute Gasteiger partial charge is 0.350 e. The third kappa shape index (κ3) is 4.38. The fourth-order valence-corrected chi connectivity index (χ4v) is 2.40. The third-order valence-corrected chi connectivity index (χ3v) is 3.38. The number of nitrogens with one attached hydrogen (secondary N) is 1. The molecule has 0 aliphatic rings. The Bertz CT molecular complexity index is 408. The van der Waals surface area contributed by atoms with Crippen LogP contribution in [0.15, 0.2) is 0 Å². The van der Waals surface area contributed by atoms with Crippen LogP contribution < -0.4 is 5.32 Å². The highest BCUT2D eigenvalue weighted by molar-refractivity contribution is 7.13. The topological polar surface area (TPSA) is 51.2 Å². The molecule has 1 aromatic heterocycles. The van der Waals surface area contributed by atoms with Crippen LogP contribution in [-0.2, 0) is 17.7 Å². The molecule has 0 atom stereocenters. The third-order valence-electron chi connectivity index (χ3n) is 2.31. The van der Waals surface area contributed by atoms with E-state index < -0.39 is 0 Å². The minimum atomic E-state index is -0.256. The van der Waals surface area contributed by atoms with Crippen molar-refractivity contribution < 1.29 is 9.53 Å². The number of carbonyl (C=O) groups excluding carboxylic acids is 1. The minimum absolute atomic E-state index is 0.0438. The number of hydrogen-bond acceptors (Lipinski definition) is 5. The molecule has 0 aliphatic heterocycles. The molecule has 0 saturated heterocycles. The molecule has 0 unspecified atom stereocenters. The SMILES string of the molecule is CCOC(=O)c1sc(CNC(C)(C)C)nc1CC. The predicted octanol–water partition coefficient (Wildman–Crippen LogP) is 2.77. The second kappa shape index (κ2) is 6.29. The van der Waals surface area contributed by atoms with Gasteiger partial charge in [-0.3, -0.25) is 0 Å². The summed E-state index contributed by atoms with van der Waals surface area (Å²) in [6, 6.07) is 0. The summed E-state index contributed by atoms with van der Waals surface area (Å²) in [5.74, 6) is -0.256. The molecular weight excluding hydrogens is 248 g/mol. The first-order valence-corrected chi connectivity index (χ1v) is 7.09. The van der Waals surface area contributed by atoms with E-state index in [4.69, 9.17) is 4.74 Å². The maximum absolute atomic E-state index is 11.8. The first-order chi connectivity index (χ1) is 8.37. The Morgan fingerprint density at radius 3 is 2.56 bits per heavy atom. The lowest BCUT2D eigenvalue weighted by Crippen LogP contribution is -2.35. The van der Waals surface area contributed by atoms with Crippen LogP contribution in [0.4, 0.5) is 0 Å². The summed E-state index contributed by atoms with van der Waals surface area (Å²) in [6.45, 7) is 11.2. The van der Waals surface area contributed by atoms with Crippen LogP contribution in [0.5, 0.6) is 0 Å². The van der Waals surface area contributed by atoms with Crippen LogP contribution in [0.2, 0.25) is 0 Å². The molecule has 4 nitrogen and oxygen atoms in total. The van der Waals surface area contributed by atoms with E-state index in [-0.39, 0.29) is 11.5 Å². The van der Waals surface area contributed by atoms with Crippen LogP contribution in [0, 0.1) is 0 Å². The average molecular weight is 270 g/mol. The molecule has 0 bridgehead atoms. The molecule has 1 aromatic rings. The molecular formula is C13H22N2O2S. The van der Waals surface area contributed by atoms with E-state index in [0.717, 1.165) is 17.1 Å². The van der Waals surface area contributed by atoms with Gasteiger partial charge >= 0.3 is 5.97 Å². The maximum Gasteiger partial charge on any atom is 0.350 e. The van der Waals surface area contributed by atoms with Gasteiger partial charge < -0.3 is 10.1 Å². The van der Waals surface area contributed by atoms with Crippen molar-refractivity contribution in [1.29, 1.82) is 0 Å². The summed E-state index contributed by atoms with van der Waals surface area (Å²) >= 11 is 1.42. The normalized spacial score (nSPS) is 11.6. The summed E-state index contributed by atoms with van der Waals surface area (Å²) in [5.41, 5.74) is 0.881. The Morgan fingerprint density at radius 1 is 1.39 bits per heavy atom. The van der Waals surface area contributed by atoms with Crippen molar-refractivity contribution in [2.24, 2.45) is 0 Å². The van der Waals surface area contributed by atoms with Gasteiger partial charge in [-0.05, 0) is 34.1 Å². The van der Waals surface area contributed by atoms with Crippen molar-refractivity contribution in [2.45, 2.75) is 53.1 Å². The maximum atomic E-state index is 11.8. The van der Waals surface area contributed by atoms with E-state index in [1.807, 2.05) is 13.8 Å². The second-order valence-electron chi connectivity index (χ2n) is 5.06. The molecule has 0 spiro atoms. The van der Waals surface area contributed by atoms with Gasteiger partial charge in [0.2, 0.25) is 0 Å². The van der Waals surface area contributed by atoms with Gasteiger partial charge in [-0.25, -0.2) is 9.78 Å². The number of thiazole rings is 1. The molecule has 0 amide bonds. The molecule has 0 saturated carbocycles. The Kier molecular flexibility index (Phi) is 5.28. The highest BCUT2D eigenvalue weighted by Gasteiger charge is 2.18. The number of hydrogen-bond donors (Lipinski definition) is 1. The van der Waals surface area contributed by atoms with Gasteiger partial charge in [-0.15, -0.1) is 11.3 Å². The van der Waals surface area contributed by atoms with Crippen molar-refractivity contribution in [3.8, 4) is 0 Å². The van der Waals surface area contributed by atoms with Gasteiger partial charge in [0.05, 0.1) is 12.3 Å². The molecule has 1 N–H and O–H groups in total. The zero-order chi connectivity index (χ0) is 13.8. The molecule has 0 radical (unpaired) electrons. The minimum Gasteiger partial charge on any atom is -0.462 e. The molecule has 1 heterocycles. The fourth-order valence-electron chi connectivity index (χ4n) is 1.41. The summed E-state index contributed by atoms with van der Waals surface area (Å²) in [4.78, 5) is 16.9. The molecule has 0 aromatic carbocycles. The van der Waals surface area contributed by atoms with Crippen molar-refractivity contribution in [2.75, 3.05) is 6.61 Å². The summed E-state index contributed by atoms with van der Waals surface area (Å²) in [6.07, 6.45) is 0.750. The number of aromatic nitrogens is 1. The van der Waals surface area contributed by atoms with Gasteiger partial charge in [0, 0.05) is 12.1 Å².